The van der Waals surface area contributed by atoms with Crippen molar-refractivity contribution in [2.45, 2.75) is 0 Å². The molecule has 162 valence electrons. The molecule has 0 saturated carbocycles. The Labute approximate surface area is 187 Å². The van der Waals surface area contributed by atoms with E-state index >= 15 is 0 Å². The maximum Gasteiger partial charge on any atom is 0.363 e. The molecule has 0 fully saturated rings. The van der Waals surface area contributed by atoms with Crippen molar-refractivity contribution in [3.05, 3.63) is 112 Å². The molecule has 0 atom stereocenters. The van der Waals surface area contributed by atoms with Gasteiger partial charge in [-0.25, -0.2) is 10.3 Å². The largest absolute Gasteiger partial charge is 0.363 e. The Morgan fingerprint density at radius 3 is 2.33 bits per heavy atom. The first-order chi connectivity index (χ1) is 16.0. The lowest BCUT2D eigenvalue weighted by Crippen LogP contribution is -2.10. The second kappa shape index (κ2) is 9.48. The van der Waals surface area contributed by atoms with E-state index in [1.807, 2.05) is 30.3 Å². The molecule has 0 unspecified atom stereocenters. The Hall–Kier alpha value is -4.92. The van der Waals surface area contributed by atoms with Gasteiger partial charge in [-0.3, -0.25) is 14.9 Å². The number of carbonyl (C=O) groups excluding carboxylic acids is 2. The summed E-state index contributed by atoms with van der Waals surface area (Å²) in [6, 6.07) is 24.6. The lowest BCUT2D eigenvalue weighted by molar-refractivity contribution is -0.384. The summed E-state index contributed by atoms with van der Waals surface area (Å²) in [7, 11) is 0. The predicted molar refractivity (Wildman–Crippen MR) is 121 cm³/mol. The van der Waals surface area contributed by atoms with Crippen LogP contribution in [0.3, 0.4) is 0 Å². The molecule has 0 aromatic heterocycles. The Balaban J connectivity index is 1.36. The van der Waals surface area contributed by atoms with E-state index in [9.17, 15) is 19.7 Å². The van der Waals surface area contributed by atoms with E-state index in [-0.39, 0.29) is 11.3 Å². The van der Waals surface area contributed by atoms with E-state index < -0.39 is 16.8 Å². The van der Waals surface area contributed by atoms with Gasteiger partial charge in [-0.15, -0.1) is 10.2 Å². The van der Waals surface area contributed by atoms with E-state index in [1.54, 1.807) is 36.4 Å². The van der Waals surface area contributed by atoms with Crippen molar-refractivity contribution in [3.8, 4) is 0 Å². The zero-order valence-electron chi connectivity index (χ0n) is 17.0. The van der Waals surface area contributed by atoms with Crippen LogP contribution >= 0.6 is 0 Å². The average molecular weight is 440 g/mol. The monoisotopic (exact) mass is 440 g/mol. The number of nitrogens with zero attached hydrogens (tertiary/aromatic N) is 3. The van der Waals surface area contributed by atoms with Crippen molar-refractivity contribution in [2.24, 2.45) is 10.2 Å². The minimum atomic E-state index is -0.775. The number of anilines is 1. The van der Waals surface area contributed by atoms with Crippen LogP contribution in [0.5, 0.6) is 0 Å². The third kappa shape index (κ3) is 5.23. The number of nitrogens with one attached hydrogen (secondary N) is 1. The lowest BCUT2D eigenvalue weighted by atomic mass is 10.1. The van der Waals surface area contributed by atoms with Crippen molar-refractivity contribution in [1.29, 1.82) is 0 Å². The van der Waals surface area contributed by atoms with Crippen molar-refractivity contribution in [2.75, 3.05) is 5.48 Å². The fourth-order valence-electron chi connectivity index (χ4n) is 2.99. The van der Waals surface area contributed by atoms with Crippen LogP contribution in [0.4, 0.5) is 17.1 Å². The molecule has 1 amide bonds. The molecule has 0 radical (unpaired) electrons. The number of carbonyl (C=O) groups is 2. The molecular formula is C24H16N4O5. The van der Waals surface area contributed by atoms with Crippen LogP contribution in [-0.4, -0.2) is 16.8 Å². The first-order valence-corrected chi connectivity index (χ1v) is 9.76. The van der Waals surface area contributed by atoms with Gasteiger partial charge in [0.2, 0.25) is 0 Å². The fourth-order valence-corrected chi connectivity index (χ4v) is 2.99. The molecule has 9 heteroatoms. The van der Waals surface area contributed by atoms with E-state index in [1.165, 1.54) is 18.2 Å². The molecule has 4 rings (SSSR count). The third-order valence-corrected chi connectivity index (χ3v) is 4.67. The lowest BCUT2D eigenvalue weighted by Gasteiger charge is -2.06. The molecule has 0 spiro atoms. The van der Waals surface area contributed by atoms with Gasteiger partial charge in [0.25, 0.3) is 11.6 Å². The predicted octanol–water partition coefficient (Wildman–Crippen LogP) is 5.86. The highest BCUT2D eigenvalue weighted by atomic mass is 16.7. The van der Waals surface area contributed by atoms with E-state index in [0.29, 0.717) is 16.9 Å². The molecular weight excluding hydrogens is 424 g/mol. The Bertz CT molecular complexity index is 1380. The summed E-state index contributed by atoms with van der Waals surface area (Å²) in [6.45, 7) is 0. The number of hydrogen-bond donors (Lipinski definition) is 1. The smallest absolute Gasteiger partial charge is 0.338 e. The average Bonchev–Trinajstić information content (AvgIpc) is 2.86. The summed E-state index contributed by atoms with van der Waals surface area (Å²) < 4.78 is 0. The quantitative estimate of drug-likeness (QED) is 0.228. The van der Waals surface area contributed by atoms with Gasteiger partial charge in [0, 0.05) is 17.7 Å². The van der Waals surface area contributed by atoms with Gasteiger partial charge in [0.05, 0.1) is 21.9 Å². The topological polar surface area (TPSA) is 123 Å². The number of fused-ring (bicyclic) bond motifs is 1. The number of benzene rings is 4. The highest BCUT2D eigenvalue weighted by molar-refractivity contribution is 5.99. The Morgan fingerprint density at radius 1 is 0.818 bits per heavy atom. The summed E-state index contributed by atoms with van der Waals surface area (Å²) in [4.78, 5) is 39.6. The minimum Gasteiger partial charge on any atom is -0.338 e. The zero-order valence-corrected chi connectivity index (χ0v) is 17.0. The molecule has 0 aliphatic heterocycles. The highest BCUT2D eigenvalue weighted by Gasteiger charge is 2.13. The second-order valence-electron chi connectivity index (χ2n) is 6.91. The molecule has 0 heterocycles. The molecule has 0 aliphatic rings. The van der Waals surface area contributed by atoms with Crippen LogP contribution in [0.25, 0.3) is 10.8 Å². The normalized spacial score (nSPS) is 10.8. The standard InChI is InChI=1S/C24H16N4O5/c29-23(18-9-8-16-4-1-2-5-17(16)14-18)26-25-20-10-12-21(13-11-20)27-33-24(30)19-6-3-7-22(15-19)28(31)32/h1-15,27H. The maximum atomic E-state index is 12.3. The van der Waals surface area contributed by atoms with Crippen LogP contribution < -0.4 is 5.48 Å². The summed E-state index contributed by atoms with van der Waals surface area (Å²) in [5.74, 6) is -1.24. The van der Waals surface area contributed by atoms with Gasteiger partial charge in [0.1, 0.15) is 0 Å². The van der Waals surface area contributed by atoms with Crippen LogP contribution in [0.2, 0.25) is 0 Å². The van der Waals surface area contributed by atoms with Gasteiger partial charge in [-0.05, 0) is 53.2 Å². The fraction of sp³-hybridized carbons (Fsp3) is 0. The zero-order chi connectivity index (χ0) is 23.2. The highest BCUT2D eigenvalue weighted by Crippen LogP contribution is 2.20. The van der Waals surface area contributed by atoms with Crippen LogP contribution in [0, 0.1) is 10.1 Å². The maximum absolute atomic E-state index is 12.3. The number of hydrogen-bond acceptors (Lipinski definition) is 7. The number of rotatable bonds is 6. The minimum absolute atomic E-state index is 0.0364. The van der Waals surface area contributed by atoms with Gasteiger partial charge in [0.15, 0.2) is 0 Å². The van der Waals surface area contributed by atoms with Gasteiger partial charge >= 0.3 is 5.97 Å². The van der Waals surface area contributed by atoms with Gasteiger partial charge in [-0.1, -0.05) is 36.4 Å². The first kappa shape index (κ1) is 21.3. The van der Waals surface area contributed by atoms with Crippen LogP contribution in [0.1, 0.15) is 20.7 Å². The van der Waals surface area contributed by atoms with Crippen molar-refractivity contribution < 1.29 is 19.3 Å². The van der Waals surface area contributed by atoms with Gasteiger partial charge < -0.3 is 4.84 Å². The van der Waals surface area contributed by atoms with Gasteiger partial charge in [-0.2, -0.15) is 0 Å². The molecule has 4 aromatic rings. The summed E-state index contributed by atoms with van der Waals surface area (Å²) in [5, 5.41) is 20.5. The Kier molecular flexibility index (Phi) is 6.12. The number of azo groups is 1. The number of non-ortho nitro benzene ring substituents is 1. The molecule has 0 aliphatic carbocycles. The number of amides is 1. The number of nitro benzene ring substituents is 1. The molecule has 33 heavy (non-hydrogen) atoms. The second-order valence-corrected chi connectivity index (χ2v) is 6.91. The van der Waals surface area contributed by atoms with Crippen LogP contribution in [-0.2, 0) is 4.84 Å². The molecule has 9 nitrogen and oxygen atoms in total. The van der Waals surface area contributed by atoms with Crippen molar-refractivity contribution in [3.63, 3.8) is 0 Å². The van der Waals surface area contributed by atoms with E-state index in [2.05, 4.69) is 15.7 Å². The number of nitro groups is 1. The van der Waals surface area contributed by atoms with Crippen LogP contribution in [0.15, 0.2) is 101 Å². The van der Waals surface area contributed by atoms with E-state index in [0.717, 1.165) is 16.8 Å². The molecule has 1 N–H and O–H groups in total. The molecule has 0 bridgehead atoms. The SMILES string of the molecule is O=C(N=Nc1ccc(NOC(=O)c2cccc([N+](=O)[O-])c2)cc1)c1ccc2ccccc2c1. The van der Waals surface area contributed by atoms with Crippen molar-refractivity contribution in [1.82, 2.24) is 0 Å². The van der Waals surface area contributed by atoms with Crippen molar-refractivity contribution >= 4 is 39.7 Å². The Morgan fingerprint density at radius 2 is 1.58 bits per heavy atom. The third-order valence-electron chi connectivity index (χ3n) is 4.67. The van der Waals surface area contributed by atoms with E-state index in [4.69, 9.17) is 4.84 Å². The summed E-state index contributed by atoms with van der Waals surface area (Å²) in [6.07, 6.45) is 0. The summed E-state index contributed by atoms with van der Waals surface area (Å²) >= 11 is 0. The molecule has 4 aromatic carbocycles. The molecule has 0 saturated heterocycles. The summed E-state index contributed by atoms with van der Waals surface area (Å²) in [5.41, 5.74) is 3.60. The first-order valence-electron chi connectivity index (χ1n) is 9.76.